The van der Waals surface area contributed by atoms with Crippen molar-refractivity contribution in [1.82, 2.24) is 24.2 Å². The number of alkyl halides is 3. The summed E-state index contributed by atoms with van der Waals surface area (Å²) in [5.74, 6) is -0.391. The number of hydrogen-bond donors (Lipinski definition) is 1. The van der Waals surface area contributed by atoms with Crippen LogP contribution in [0.15, 0.2) is 90.7 Å². The number of benzene rings is 2. The minimum atomic E-state index is -4.59. The number of Topliss-reactive ketones (excluding diaryl/α,β-unsaturated/α-hetero) is 1. The van der Waals surface area contributed by atoms with E-state index in [1.54, 1.807) is 62.8 Å². The zero-order chi connectivity index (χ0) is 28.4. The van der Waals surface area contributed by atoms with Gasteiger partial charge in [0.05, 0.1) is 29.0 Å². The molecule has 0 fully saturated rings. The van der Waals surface area contributed by atoms with Crippen molar-refractivity contribution in [2.75, 3.05) is 0 Å². The predicted molar refractivity (Wildman–Crippen MR) is 140 cm³/mol. The number of ketones is 1. The monoisotopic (exact) mass is 544 g/mol. The van der Waals surface area contributed by atoms with Gasteiger partial charge in [-0.15, -0.1) is 4.73 Å². The number of aromatic nitrogens is 5. The molecule has 0 bridgehead atoms. The molecule has 8 nitrogen and oxygen atoms in total. The maximum atomic E-state index is 13.6. The first kappa shape index (κ1) is 26.5. The fourth-order valence-electron chi connectivity index (χ4n) is 4.17. The molecule has 0 radical (unpaired) electrons. The largest absolute Gasteiger partial charge is 0.425 e. The first-order chi connectivity index (χ1) is 19.1. The number of halogens is 3. The van der Waals surface area contributed by atoms with Gasteiger partial charge in [-0.05, 0) is 67.4 Å². The summed E-state index contributed by atoms with van der Waals surface area (Å²) < 4.78 is 43.3. The Kier molecular flexibility index (Phi) is 7.03. The van der Waals surface area contributed by atoms with Gasteiger partial charge in [-0.3, -0.25) is 9.78 Å². The minimum absolute atomic E-state index is 0.0211. The second kappa shape index (κ2) is 10.6. The summed E-state index contributed by atoms with van der Waals surface area (Å²) in [6, 6.07) is 13.5. The van der Waals surface area contributed by atoms with Crippen LogP contribution in [0.5, 0.6) is 0 Å². The Labute approximate surface area is 226 Å². The van der Waals surface area contributed by atoms with Crippen molar-refractivity contribution in [2.24, 2.45) is 4.99 Å². The molecule has 0 saturated heterocycles. The summed E-state index contributed by atoms with van der Waals surface area (Å²) >= 11 is 0. The van der Waals surface area contributed by atoms with E-state index in [2.05, 4.69) is 19.9 Å². The molecular weight excluding hydrogens is 521 g/mol. The summed E-state index contributed by atoms with van der Waals surface area (Å²) in [7, 11) is 0. The smallest absolute Gasteiger partial charge is 0.416 e. The SMILES string of the molecule is Cc1cn(-c2cc(CC(=O)c3ccc(C)c(N=c4nccc(-c5cccnc5)n4O)c3)cc(C(F)(F)F)c2)cn1. The number of pyridine rings is 1. The van der Waals surface area contributed by atoms with Crippen LogP contribution in [-0.2, 0) is 12.6 Å². The summed E-state index contributed by atoms with van der Waals surface area (Å²) in [6.07, 6.45) is 2.88. The van der Waals surface area contributed by atoms with E-state index in [0.717, 1.165) is 16.9 Å². The Hall–Kier alpha value is -5.06. The molecule has 11 heteroatoms. The fraction of sp³-hybridized carbons (Fsp3) is 0.138. The van der Waals surface area contributed by atoms with E-state index in [1.807, 2.05) is 0 Å². The van der Waals surface area contributed by atoms with Crippen molar-refractivity contribution in [3.8, 4) is 16.9 Å². The van der Waals surface area contributed by atoms with Gasteiger partial charge in [0.2, 0.25) is 0 Å². The zero-order valence-corrected chi connectivity index (χ0v) is 21.5. The lowest BCUT2D eigenvalue weighted by atomic mass is 9.99. The second-order valence-corrected chi connectivity index (χ2v) is 9.20. The lowest BCUT2D eigenvalue weighted by Gasteiger charge is -2.13. The maximum Gasteiger partial charge on any atom is 0.416 e. The van der Waals surface area contributed by atoms with Crippen LogP contribution in [0, 0.1) is 13.8 Å². The van der Waals surface area contributed by atoms with Gasteiger partial charge in [0.15, 0.2) is 5.78 Å². The van der Waals surface area contributed by atoms with Gasteiger partial charge >= 0.3 is 6.18 Å². The van der Waals surface area contributed by atoms with Crippen LogP contribution in [0.2, 0.25) is 0 Å². The molecule has 0 amide bonds. The Morgan fingerprint density at radius 3 is 2.55 bits per heavy atom. The van der Waals surface area contributed by atoms with E-state index < -0.39 is 17.5 Å². The number of imidazole rings is 1. The van der Waals surface area contributed by atoms with Gasteiger partial charge in [0, 0.05) is 48.0 Å². The third-order valence-electron chi connectivity index (χ3n) is 6.23. The molecule has 1 N–H and O–H groups in total. The molecule has 0 saturated carbocycles. The molecule has 0 atom stereocenters. The van der Waals surface area contributed by atoms with Gasteiger partial charge in [0.1, 0.15) is 0 Å². The number of rotatable bonds is 6. The highest BCUT2D eigenvalue weighted by atomic mass is 19.4. The van der Waals surface area contributed by atoms with Gasteiger partial charge in [-0.25, -0.2) is 15.0 Å². The Morgan fingerprint density at radius 1 is 1.02 bits per heavy atom. The lowest BCUT2D eigenvalue weighted by molar-refractivity contribution is -0.137. The van der Waals surface area contributed by atoms with E-state index in [4.69, 9.17) is 0 Å². The van der Waals surface area contributed by atoms with E-state index in [1.165, 1.54) is 29.2 Å². The van der Waals surface area contributed by atoms with Gasteiger partial charge < -0.3 is 9.77 Å². The Morgan fingerprint density at radius 2 is 1.85 bits per heavy atom. The molecule has 0 aliphatic carbocycles. The topological polar surface area (TPSA) is 98.2 Å². The summed E-state index contributed by atoms with van der Waals surface area (Å²) in [6.45, 7) is 3.52. The molecule has 3 aromatic heterocycles. The molecule has 2 aromatic carbocycles. The predicted octanol–water partition coefficient (Wildman–Crippen LogP) is 5.66. The first-order valence-corrected chi connectivity index (χ1v) is 12.2. The number of carbonyl (C=O) groups excluding carboxylic acids is 1. The molecule has 202 valence electrons. The van der Waals surface area contributed by atoms with Crippen LogP contribution in [0.1, 0.15) is 32.7 Å². The number of aryl methyl sites for hydroxylation is 2. The molecule has 5 rings (SSSR count). The molecule has 0 spiro atoms. The molecular formula is C29H23F3N6O2. The van der Waals surface area contributed by atoms with E-state index in [9.17, 15) is 23.2 Å². The summed E-state index contributed by atoms with van der Waals surface area (Å²) in [5.41, 5.74) is 2.65. The van der Waals surface area contributed by atoms with Crippen molar-refractivity contribution < 1.29 is 23.2 Å². The average Bonchev–Trinajstić information content (AvgIpc) is 3.37. The first-order valence-electron chi connectivity index (χ1n) is 12.2. The average molecular weight is 545 g/mol. The van der Waals surface area contributed by atoms with Crippen molar-refractivity contribution >= 4 is 11.5 Å². The summed E-state index contributed by atoms with van der Waals surface area (Å²) in [5, 5.41) is 10.7. The minimum Gasteiger partial charge on any atom is -0.425 e. The van der Waals surface area contributed by atoms with Gasteiger partial charge in [-0.2, -0.15) is 13.2 Å². The van der Waals surface area contributed by atoms with Crippen LogP contribution < -0.4 is 5.62 Å². The molecule has 3 heterocycles. The molecule has 0 aliphatic rings. The summed E-state index contributed by atoms with van der Waals surface area (Å²) in [4.78, 5) is 30.0. The Balaban J connectivity index is 1.49. The van der Waals surface area contributed by atoms with Crippen LogP contribution >= 0.6 is 0 Å². The normalized spacial score (nSPS) is 12.1. The van der Waals surface area contributed by atoms with Crippen LogP contribution in [-0.4, -0.2) is 35.2 Å². The van der Waals surface area contributed by atoms with E-state index in [0.29, 0.717) is 28.2 Å². The van der Waals surface area contributed by atoms with Crippen molar-refractivity contribution in [1.29, 1.82) is 0 Å². The number of hydrogen-bond acceptors (Lipinski definition) is 6. The molecule has 0 unspecified atom stereocenters. The number of nitrogens with zero attached hydrogens (tertiary/aromatic N) is 6. The highest BCUT2D eigenvalue weighted by Gasteiger charge is 2.31. The molecule has 0 aliphatic heterocycles. The third kappa shape index (κ3) is 5.68. The van der Waals surface area contributed by atoms with Crippen molar-refractivity contribution in [3.63, 3.8) is 0 Å². The van der Waals surface area contributed by atoms with Crippen molar-refractivity contribution in [2.45, 2.75) is 26.4 Å². The third-order valence-corrected chi connectivity index (χ3v) is 6.23. The van der Waals surface area contributed by atoms with Gasteiger partial charge in [-0.1, -0.05) is 12.1 Å². The molecule has 40 heavy (non-hydrogen) atoms. The van der Waals surface area contributed by atoms with Crippen LogP contribution in [0.3, 0.4) is 0 Å². The van der Waals surface area contributed by atoms with Crippen molar-refractivity contribution in [3.05, 3.63) is 119 Å². The lowest BCUT2D eigenvalue weighted by Crippen LogP contribution is -2.23. The maximum absolute atomic E-state index is 13.6. The fourth-order valence-corrected chi connectivity index (χ4v) is 4.17. The molecule has 5 aromatic rings. The second-order valence-electron chi connectivity index (χ2n) is 9.20. The quantitative estimate of drug-likeness (QED) is 0.220. The van der Waals surface area contributed by atoms with Crippen LogP contribution in [0.4, 0.5) is 18.9 Å². The number of carbonyl (C=O) groups is 1. The van der Waals surface area contributed by atoms with E-state index in [-0.39, 0.29) is 28.9 Å². The van der Waals surface area contributed by atoms with E-state index >= 15 is 0 Å². The van der Waals surface area contributed by atoms with Crippen LogP contribution in [0.25, 0.3) is 16.9 Å². The Bertz CT molecular complexity index is 1780. The standard InChI is InChI=1S/C29H23F3N6O2/c1-18-5-6-21(13-25(18)36-28-34-9-7-26(38(28)40)22-4-3-8-33-15-22)27(39)12-20-10-23(29(30,31)32)14-24(11-20)37-16-19(2)35-17-37/h3-11,13-17,40H,12H2,1-2H3. The highest BCUT2D eigenvalue weighted by Crippen LogP contribution is 2.32. The zero-order valence-electron chi connectivity index (χ0n) is 21.5. The van der Waals surface area contributed by atoms with Gasteiger partial charge in [0.25, 0.3) is 5.62 Å². The highest BCUT2D eigenvalue weighted by molar-refractivity contribution is 5.98.